The summed E-state index contributed by atoms with van der Waals surface area (Å²) in [7, 11) is 1.65. The fourth-order valence-corrected chi connectivity index (χ4v) is 3.16. The second kappa shape index (κ2) is 7.90. The quantitative estimate of drug-likeness (QED) is 0.531. The van der Waals surface area contributed by atoms with E-state index >= 15 is 0 Å². The molecule has 0 saturated heterocycles. The molecule has 0 fully saturated rings. The van der Waals surface area contributed by atoms with Crippen molar-refractivity contribution in [3.05, 3.63) is 99.5 Å². The minimum atomic E-state index is -1.46. The highest BCUT2D eigenvalue weighted by Crippen LogP contribution is 2.24. The Morgan fingerprint density at radius 2 is 1.93 bits per heavy atom. The van der Waals surface area contributed by atoms with Crippen LogP contribution >= 0.6 is 0 Å². The van der Waals surface area contributed by atoms with E-state index in [1.165, 1.54) is 41.1 Å². The molecular formula is C22H18F2N4O2. The van der Waals surface area contributed by atoms with Crippen molar-refractivity contribution in [3.8, 4) is 0 Å². The number of hydrogen-bond acceptors (Lipinski definition) is 3. The van der Waals surface area contributed by atoms with E-state index < -0.39 is 12.0 Å². The summed E-state index contributed by atoms with van der Waals surface area (Å²) < 4.78 is 29.0. The maximum Gasteiger partial charge on any atom is 0.326 e. The zero-order valence-electron chi connectivity index (χ0n) is 16.0. The zero-order chi connectivity index (χ0) is 21.3. The van der Waals surface area contributed by atoms with E-state index in [9.17, 15) is 18.4 Å². The van der Waals surface area contributed by atoms with Gasteiger partial charge in [-0.25, -0.2) is 13.6 Å². The third-order valence-corrected chi connectivity index (χ3v) is 4.89. The van der Waals surface area contributed by atoms with Crippen LogP contribution in [0.3, 0.4) is 0 Å². The summed E-state index contributed by atoms with van der Waals surface area (Å²) in [6.45, 7) is 0.211. The molecule has 6 nitrogen and oxygen atoms in total. The summed E-state index contributed by atoms with van der Waals surface area (Å²) in [6.07, 6.45) is 0.0258. The molecule has 0 saturated carbocycles. The summed E-state index contributed by atoms with van der Waals surface area (Å²) >= 11 is 0. The number of rotatable bonds is 5. The molecule has 4 rings (SSSR count). The number of benzene rings is 2. The van der Waals surface area contributed by atoms with Gasteiger partial charge in [0.2, 0.25) is 0 Å². The molecule has 30 heavy (non-hydrogen) atoms. The van der Waals surface area contributed by atoms with Gasteiger partial charge in [0, 0.05) is 25.4 Å². The van der Waals surface area contributed by atoms with E-state index in [2.05, 4.69) is 15.3 Å². The number of nitrogens with zero attached hydrogens (tertiary/aromatic N) is 2. The molecule has 2 heterocycles. The largest absolute Gasteiger partial charge is 0.348 e. The Morgan fingerprint density at radius 3 is 2.63 bits per heavy atom. The lowest BCUT2D eigenvalue weighted by atomic mass is 10.1. The van der Waals surface area contributed by atoms with E-state index in [4.69, 9.17) is 0 Å². The van der Waals surface area contributed by atoms with Gasteiger partial charge in [-0.3, -0.25) is 14.3 Å². The van der Waals surface area contributed by atoms with Crippen molar-refractivity contribution in [2.75, 3.05) is 0 Å². The first-order valence-electron chi connectivity index (χ1n) is 9.23. The van der Waals surface area contributed by atoms with Gasteiger partial charge in [-0.15, -0.1) is 0 Å². The van der Waals surface area contributed by atoms with Crippen molar-refractivity contribution >= 4 is 16.9 Å². The first kappa shape index (κ1) is 19.5. The number of hydrogen-bond donors (Lipinski definition) is 2. The lowest BCUT2D eigenvalue weighted by Gasteiger charge is -2.10. The summed E-state index contributed by atoms with van der Waals surface area (Å²) in [5, 5.41) is 2.77. The molecule has 8 heteroatoms. The molecule has 0 aliphatic heterocycles. The number of nitrogens with one attached hydrogen (secondary N) is 2. The highest BCUT2D eigenvalue weighted by atomic mass is 19.1. The Labute approximate surface area is 170 Å². The predicted molar refractivity (Wildman–Crippen MR) is 108 cm³/mol. The van der Waals surface area contributed by atoms with Crippen LogP contribution < -0.4 is 11.0 Å². The molecule has 1 atom stereocenters. The first-order chi connectivity index (χ1) is 14.4. The Balaban J connectivity index is 1.42. The first-order valence-corrected chi connectivity index (χ1v) is 9.23. The van der Waals surface area contributed by atoms with Crippen molar-refractivity contribution in [2.24, 2.45) is 7.05 Å². The normalized spacial score (nSPS) is 12.1. The van der Waals surface area contributed by atoms with Crippen LogP contribution in [-0.4, -0.2) is 20.4 Å². The van der Waals surface area contributed by atoms with E-state index in [0.29, 0.717) is 27.7 Å². The molecule has 0 bridgehead atoms. The second-order valence-corrected chi connectivity index (χ2v) is 6.91. The van der Waals surface area contributed by atoms with E-state index in [1.54, 1.807) is 31.3 Å². The summed E-state index contributed by atoms with van der Waals surface area (Å²) in [6, 6.07) is 13.3. The Morgan fingerprint density at radius 1 is 1.17 bits per heavy atom. The van der Waals surface area contributed by atoms with Gasteiger partial charge in [-0.1, -0.05) is 18.2 Å². The molecular weight excluding hydrogens is 390 g/mol. The van der Waals surface area contributed by atoms with E-state index in [-0.39, 0.29) is 23.8 Å². The summed E-state index contributed by atoms with van der Waals surface area (Å²) in [5.41, 5.74) is 2.67. The zero-order valence-corrected chi connectivity index (χ0v) is 16.0. The average molecular weight is 408 g/mol. The molecule has 152 valence electrons. The number of alkyl halides is 1. The molecule has 1 amide bonds. The van der Waals surface area contributed by atoms with Gasteiger partial charge in [0.1, 0.15) is 5.82 Å². The van der Waals surface area contributed by atoms with Gasteiger partial charge in [-0.05, 0) is 47.5 Å². The van der Waals surface area contributed by atoms with Crippen LogP contribution in [0.4, 0.5) is 8.78 Å². The Bertz CT molecular complexity index is 1260. The molecule has 0 radical (unpaired) electrons. The van der Waals surface area contributed by atoms with Crippen molar-refractivity contribution in [1.82, 2.24) is 19.9 Å². The van der Waals surface area contributed by atoms with Gasteiger partial charge in [0.05, 0.1) is 16.7 Å². The molecule has 1 unspecified atom stereocenters. The highest BCUT2D eigenvalue weighted by Gasteiger charge is 2.14. The third-order valence-electron chi connectivity index (χ3n) is 4.89. The van der Waals surface area contributed by atoms with Crippen molar-refractivity contribution < 1.29 is 13.6 Å². The van der Waals surface area contributed by atoms with Gasteiger partial charge in [0.15, 0.2) is 6.17 Å². The van der Waals surface area contributed by atoms with Crippen LogP contribution in [0.15, 0.2) is 65.6 Å². The van der Waals surface area contributed by atoms with Crippen LogP contribution in [0.1, 0.15) is 33.4 Å². The number of amides is 1. The third kappa shape index (κ3) is 3.84. The summed E-state index contributed by atoms with van der Waals surface area (Å²) in [4.78, 5) is 30.9. The molecule has 0 aliphatic rings. The molecule has 2 N–H and O–H groups in total. The number of H-pyrrole nitrogens is 1. The highest BCUT2D eigenvalue weighted by molar-refractivity contribution is 5.97. The number of carbonyl (C=O) groups excluding carboxylic acids is 1. The van der Waals surface area contributed by atoms with Crippen molar-refractivity contribution in [2.45, 2.75) is 12.7 Å². The number of imidazole rings is 1. The number of carbonyl (C=O) groups is 1. The topological polar surface area (TPSA) is 79.8 Å². The van der Waals surface area contributed by atoms with Crippen LogP contribution in [0, 0.1) is 5.82 Å². The Hall–Kier alpha value is -3.81. The predicted octanol–water partition coefficient (Wildman–Crippen LogP) is 3.39. The molecule has 2 aromatic carbocycles. The van der Waals surface area contributed by atoms with E-state index in [0.717, 1.165) is 0 Å². The van der Waals surface area contributed by atoms with E-state index in [1.807, 2.05) is 0 Å². The van der Waals surface area contributed by atoms with Gasteiger partial charge >= 0.3 is 5.69 Å². The number of pyridine rings is 1. The lowest BCUT2D eigenvalue weighted by Crippen LogP contribution is -2.22. The molecule has 4 aromatic rings. The maximum absolute atomic E-state index is 14.5. The smallest absolute Gasteiger partial charge is 0.326 e. The number of fused-ring (bicyclic) bond motifs is 1. The van der Waals surface area contributed by atoms with Crippen LogP contribution in [-0.2, 0) is 13.6 Å². The fourth-order valence-electron chi connectivity index (χ4n) is 3.16. The SMILES string of the molecule is Cn1c(=O)[nH]c2cc(C(=O)NCc3ccc(C(F)c4ccc(F)cc4)nc3)ccc21. The number of halogens is 2. The average Bonchev–Trinajstić information content (AvgIpc) is 3.05. The number of aryl methyl sites for hydroxylation is 1. The van der Waals surface area contributed by atoms with Gasteiger partial charge in [-0.2, -0.15) is 0 Å². The standard InChI is InChI=1S/C22H18F2N4O2/c1-28-19-9-5-15(10-18(19)27-22(28)30)21(29)26-12-13-2-8-17(25-11-13)20(24)14-3-6-16(23)7-4-14/h2-11,20H,12H2,1H3,(H,26,29)(H,27,30). The fraction of sp³-hybridized carbons (Fsp3) is 0.136. The number of aromatic nitrogens is 3. The second-order valence-electron chi connectivity index (χ2n) is 6.91. The van der Waals surface area contributed by atoms with Crippen molar-refractivity contribution in [3.63, 3.8) is 0 Å². The van der Waals surface area contributed by atoms with Gasteiger partial charge in [0.25, 0.3) is 5.91 Å². The number of aromatic amines is 1. The maximum atomic E-state index is 14.5. The molecule has 0 aliphatic carbocycles. The van der Waals surface area contributed by atoms with Crippen molar-refractivity contribution in [1.29, 1.82) is 0 Å². The van der Waals surface area contributed by atoms with Gasteiger partial charge < -0.3 is 10.3 Å². The van der Waals surface area contributed by atoms with Crippen LogP contribution in [0.25, 0.3) is 11.0 Å². The summed E-state index contributed by atoms with van der Waals surface area (Å²) in [5.74, 6) is -0.733. The molecule has 0 spiro atoms. The molecule has 2 aromatic heterocycles. The van der Waals surface area contributed by atoms with Crippen LogP contribution in [0.2, 0.25) is 0 Å². The minimum absolute atomic E-state index is 0.204. The van der Waals surface area contributed by atoms with Crippen LogP contribution in [0.5, 0.6) is 0 Å². The Kier molecular flexibility index (Phi) is 5.14. The minimum Gasteiger partial charge on any atom is -0.348 e. The lowest BCUT2D eigenvalue weighted by molar-refractivity contribution is 0.0951. The monoisotopic (exact) mass is 408 g/mol.